The number of aliphatic hydroxyl groups excluding tert-OH is 4. The number of amides is 2. The molecule has 1 fully saturated rings. The highest BCUT2D eigenvalue weighted by molar-refractivity contribution is 5.92. The first-order valence-corrected chi connectivity index (χ1v) is 8.02. The fourth-order valence-corrected chi connectivity index (χ4v) is 2.42. The number of rotatable bonds is 5. The summed E-state index contributed by atoms with van der Waals surface area (Å²) in [7, 11) is 0. The molecule has 144 valence electrons. The number of carbonyl (C=O) groups excluding carboxylic acids is 2. The number of urea groups is 1. The number of benzene rings is 1. The molecule has 10 heteroatoms. The Bertz CT molecular complexity index is 621. The Morgan fingerprint density at radius 3 is 2.35 bits per heavy atom. The van der Waals surface area contributed by atoms with Gasteiger partial charge in [0.15, 0.2) is 6.23 Å². The van der Waals surface area contributed by atoms with Crippen LogP contribution in [0.15, 0.2) is 24.3 Å². The van der Waals surface area contributed by atoms with Crippen LogP contribution in [0.2, 0.25) is 0 Å². The number of esters is 1. The average molecular weight is 370 g/mol. The van der Waals surface area contributed by atoms with Crippen molar-refractivity contribution >= 4 is 17.7 Å². The largest absolute Gasteiger partial charge is 0.462 e. The molecule has 0 bridgehead atoms. The predicted octanol–water partition coefficient (Wildman–Crippen LogP) is -1.22. The second kappa shape index (κ2) is 8.92. The molecule has 26 heavy (non-hydrogen) atoms. The average Bonchev–Trinajstić information content (AvgIpc) is 2.63. The Morgan fingerprint density at radius 2 is 1.77 bits per heavy atom. The van der Waals surface area contributed by atoms with Gasteiger partial charge in [-0.25, -0.2) is 9.59 Å². The minimum absolute atomic E-state index is 0.250. The Morgan fingerprint density at radius 1 is 1.12 bits per heavy atom. The van der Waals surface area contributed by atoms with Crippen molar-refractivity contribution < 1.29 is 39.5 Å². The van der Waals surface area contributed by atoms with E-state index < -0.39 is 49.3 Å². The quantitative estimate of drug-likeness (QED) is 0.352. The van der Waals surface area contributed by atoms with Gasteiger partial charge in [-0.2, -0.15) is 0 Å². The second-order valence-corrected chi connectivity index (χ2v) is 5.65. The summed E-state index contributed by atoms with van der Waals surface area (Å²) in [6.07, 6.45) is -7.13. The topological polar surface area (TPSA) is 158 Å². The van der Waals surface area contributed by atoms with Crippen LogP contribution in [0.3, 0.4) is 0 Å². The summed E-state index contributed by atoms with van der Waals surface area (Å²) >= 11 is 0. The predicted molar refractivity (Wildman–Crippen MR) is 88.3 cm³/mol. The zero-order valence-electron chi connectivity index (χ0n) is 14.0. The van der Waals surface area contributed by atoms with Crippen LogP contribution >= 0.6 is 0 Å². The maximum absolute atomic E-state index is 12.0. The Labute approximate surface area is 149 Å². The lowest BCUT2D eigenvalue weighted by Crippen LogP contribution is -2.63. The number of nitrogens with one attached hydrogen (secondary N) is 2. The molecular weight excluding hydrogens is 348 g/mol. The minimum atomic E-state index is -1.59. The summed E-state index contributed by atoms with van der Waals surface area (Å²) in [5, 5.41) is 43.1. The van der Waals surface area contributed by atoms with Crippen LogP contribution in [0.5, 0.6) is 0 Å². The summed E-state index contributed by atoms with van der Waals surface area (Å²) < 4.78 is 10.0. The molecule has 1 heterocycles. The van der Waals surface area contributed by atoms with Crippen molar-refractivity contribution in [3.8, 4) is 0 Å². The van der Waals surface area contributed by atoms with Crippen LogP contribution in [0.25, 0.3) is 0 Å². The fraction of sp³-hybridized carbons (Fsp3) is 0.500. The van der Waals surface area contributed by atoms with Crippen molar-refractivity contribution in [1.82, 2.24) is 5.32 Å². The monoisotopic (exact) mass is 370 g/mol. The van der Waals surface area contributed by atoms with E-state index in [0.717, 1.165) is 0 Å². The van der Waals surface area contributed by atoms with E-state index in [1.807, 2.05) is 0 Å². The number of hydrogen-bond donors (Lipinski definition) is 6. The molecule has 5 atom stereocenters. The molecule has 0 spiro atoms. The highest BCUT2D eigenvalue weighted by Crippen LogP contribution is 2.20. The number of ether oxygens (including phenoxy) is 2. The normalized spacial score (nSPS) is 28.3. The standard InChI is InChI=1S/C16H22N2O8/c1-2-25-15(23)8-3-5-9(6-4-8)17-16(24)18-14-13(22)12(21)11(20)10(7-19)26-14/h3-6,10-14,19-22H,2,7H2,1H3,(H2,17,18,24)/t10-,11+,12+,13+,14-/m0/s1. The first kappa shape index (κ1) is 20.1. The highest BCUT2D eigenvalue weighted by atomic mass is 16.6. The van der Waals surface area contributed by atoms with E-state index in [1.165, 1.54) is 24.3 Å². The van der Waals surface area contributed by atoms with E-state index in [4.69, 9.17) is 14.6 Å². The number of aliphatic hydroxyl groups is 4. The third-order valence-corrected chi connectivity index (χ3v) is 3.82. The van der Waals surface area contributed by atoms with E-state index in [9.17, 15) is 24.9 Å². The molecule has 0 radical (unpaired) electrons. The van der Waals surface area contributed by atoms with Gasteiger partial charge in [0.1, 0.15) is 24.4 Å². The molecule has 1 aliphatic rings. The van der Waals surface area contributed by atoms with Gasteiger partial charge in [0.2, 0.25) is 0 Å². The lowest BCUT2D eigenvalue weighted by Gasteiger charge is -2.40. The van der Waals surface area contributed by atoms with Gasteiger partial charge in [0.25, 0.3) is 0 Å². The molecular formula is C16H22N2O8. The molecule has 6 N–H and O–H groups in total. The van der Waals surface area contributed by atoms with E-state index in [2.05, 4.69) is 10.6 Å². The molecule has 1 aliphatic heterocycles. The van der Waals surface area contributed by atoms with Crippen molar-refractivity contribution in [2.24, 2.45) is 0 Å². The zero-order valence-corrected chi connectivity index (χ0v) is 14.0. The van der Waals surface area contributed by atoms with Crippen LogP contribution in [-0.2, 0) is 9.47 Å². The molecule has 2 rings (SSSR count). The molecule has 0 aliphatic carbocycles. The van der Waals surface area contributed by atoms with Crippen molar-refractivity contribution in [2.45, 2.75) is 37.6 Å². The smallest absolute Gasteiger partial charge is 0.338 e. The van der Waals surface area contributed by atoms with Gasteiger partial charge in [-0.15, -0.1) is 0 Å². The number of hydrogen-bond acceptors (Lipinski definition) is 8. The number of carbonyl (C=O) groups is 2. The van der Waals surface area contributed by atoms with Crippen LogP contribution in [0.1, 0.15) is 17.3 Å². The van der Waals surface area contributed by atoms with Crippen molar-refractivity contribution in [3.05, 3.63) is 29.8 Å². The molecule has 0 saturated carbocycles. The number of anilines is 1. The summed E-state index contributed by atoms with van der Waals surface area (Å²) in [5.74, 6) is -0.482. The first-order valence-electron chi connectivity index (χ1n) is 8.02. The van der Waals surface area contributed by atoms with Crippen LogP contribution in [0.4, 0.5) is 10.5 Å². The van der Waals surface area contributed by atoms with Crippen molar-refractivity contribution in [3.63, 3.8) is 0 Å². The fourth-order valence-electron chi connectivity index (χ4n) is 2.42. The second-order valence-electron chi connectivity index (χ2n) is 5.65. The van der Waals surface area contributed by atoms with Crippen LogP contribution in [0, 0.1) is 0 Å². The maximum atomic E-state index is 12.0. The van der Waals surface area contributed by atoms with Crippen LogP contribution in [-0.4, -0.2) is 76.3 Å². The summed E-state index contributed by atoms with van der Waals surface area (Å²) in [4.78, 5) is 23.6. The van der Waals surface area contributed by atoms with E-state index in [1.54, 1.807) is 6.92 Å². The van der Waals surface area contributed by atoms with E-state index in [-0.39, 0.29) is 6.61 Å². The van der Waals surface area contributed by atoms with E-state index >= 15 is 0 Å². The molecule has 1 aromatic rings. The minimum Gasteiger partial charge on any atom is -0.462 e. The Balaban J connectivity index is 1.94. The molecule has 0 unspecified atom stereocenters. The highest BCUT2D eigenvalue weighted by Gasteiger charge is 2.43. The summed E-state index contributed by atoms with van der Waals surface area (Å²) in [6.45, 7) is 1.34. The van der Waals surface area contributed by atoms with Gasteiger partial charge in [0.05, 0.1) is 18.8 Å². The molecule has 1 saturated heterocycles. The Hall–Kier alpha value is -2.24. The van der Waals surface area contributed by atoms with Gasteiger partial charge in [-0.05, 0) is 31.2 Å². The Kier molecular flexibility index (Phi) is 6.89. The first-order chi connectivity index (χ1) is 12.4. The van der Waals surface area contributed by atoms with Gasteiger partial charge in [-0.1, -0.05) is 0 Å². The lowest BCUT2D eigenvalue weighted by molar-refractivity contribution is -0.233. The van der Waals surface area contributed by atoms with Gasteiger partial charge < -0.3 is 40.5 Å². The lowest BCUT2D eigenvalue weighted by atomic mass is 9.98. The van der Waals surface area contributed by atoms with Gasteiger partial charge in [-0.3, -0.25) is 0 Å². The third kappa shape index (κ3) is 4.68. The SMILES string of the molecule is CCOC(=O)c1ccc(NC(=O)N[C@H]2O[C@@H](CO)[C@@H](O)[C@@H](O)[C@H]2O)cc1. The third-order valence-electron chi connectivity index (χ3n) is 3.82. The summed E-state index contributed by atoms with van der Waals surface area (Å²) in [5.41, 5.74) is 0.687. The summed E-state index contributed by atoms with van der Waals surface area (Å²) in [6, 6.07) is 5.17. The van der Waals surface area contributed by atoms with Gasteiger partial charge >= 0.3 is 12.0 Å². The molecule has 10 nitrogen and oxygen atoms in total. The van der Waals surface area contributed by atoms with Gasteiger partial charge in [0, 0.05) is 5.69 Å². The van der Waals surface area contributed by atoms with E-state index in [0.29, 0.717) is 11.3 Å². The maximum Gasteiger partial charge on any atom is 0.338 e. The molecule has 2 amide bonds. The van der Waals surface area contributed by atoms with Crippen molar-refractivity contribution in [2.75, 3.05) is 18.5 Å². The van der Waals surface area contributed by atoms with Crippen molar-refractivity contribution in [1.29, 1.82) is 0 Å². The molecule has 1 aromatic carbocycles. The van der Waals surface area contributed by atoms with Crippen LogP contribution < -0.4 is 10.6 Å². The zero-order chi connectivity index (χ0) is 19.3. The molecule has 0 aromatic heterocycles.